The van der Waals surface area contributed by atoms with Crippen LogP contribution in [0.4, 0.5) is 16.0 Å². The number of nitrogen functional groups attached to an aromatic ring is 2. The molecule has 7 rings (SSSR count). The number of nitrogens with zero attached hydrogens (tertiary/aromatic N) is 8. The number of rotatable bonds is 2. The summed E-state index contributed by atoms with van der Waals surface area (Å²) < 4.78 is 77.7. The number of thiol groups is 2. The highest BCUT2D eigenvalue weighted by atomic mass is 32.7. The molecule has 0 spiro atoms. The predicted molar refractivity (Wildman–Crippen MR) is 149 cm³/mol. The molecule has 20 nitrogen and oxygen atoms in total. The minimum atomic E-state index is -4.53. The van der Waals surface area contributed by atoms with E-state index in [1.807, 2.05) is 0 Å². The second-order valence-electron chi connectivity index (χ2n) is 9.60. The fourth-order valence-electron chi connectivity index (χ4n) is 4.95. The third-order valence-electron chi connectivity index (χ3n) is 6.90. The maximum atomic E-state index is 15.9. The van der Waals surface area contributed by atoms with Gasteiger partial charge in [0, 0.05) is 0 Å². The van der Waals surface area contributed by atoms with Crippen molar-refractivity contribution in [3.63, 3.8) is 0 Å². The topological polar surface area (TPSA) is 258 Å². The summed E-state index contributed by atoms with van der Waals surface area (Å²) in [7, 11) is 0. The Bertz CT molecular complexity index is 1710. The van der Waals surface area contributed by atoms with Gasteiger partial charge in [-0.3, -0.25) is 22.7 Å². The number of hydrogen-bond donors (Lipinski definition) is 5. The first-order valence-electron chi connectivity index (χ1n) is 12.4. The van der Waals surface area contributed by atoms with E-state index in [1.165, 1.54) is 28.1 Å². The molecule has 5 N–H and O–H groups in total. The van der Waals surface area contributed by atoms with Crippen molar-refractivity contribution in [2.45, 2.75) is 49.3 Å². The second-order valence-corrected chi connectivity index (χ2v) is 15.2. The third-order valence-corrected chi connectivity index (χ3v) is 9.79. The molecule has 25 heteroatoms. The molecule has 0 saturated carbocycles. The molecule has 3 aliphatic rings. The number of alkyl halides is 1. The molecule has 10 atom stereocenters. The van der Waals surface area contributed by atoms with Gasteiger partial charge >= 0.3 is 13.6 Å². The van der Waals surface area contributed by atoms with Crippen LogP contribution in [-0.2, 0) is 41.7 Å². The second kappa shape index (κ2) is 11.1. The highest BCUT2D eigenvalue weighted by Crippen LogP contribution is 2.60. The van der Waals surface area contributed by atoms with Crippen molar-refractivity contribution in [1.29, 1.82) is 0 Å². The Morgan fingerprint density at radius 3 is 2.09 bits per heavy atom. The lowest BCUT2D eigenvalue weighted by Gasteiger charge is -2.27. The molecule has 236 valence electrons. The van der Waals surface area contributed by atoms with Gasteiger partial charge in [0.1, 0.15) is 42.0 Å². The Morgan fingerprint density at radius 2 is 1.45 bits per heavy atom. The molecular formula is C19H21FN10O10P2S2. The Balaban J connectivity index is 1.17. The van der Waals surface area contributed by atoms with Crippen molar-refractivity contribution < 1.29 is 51.2 Å². The molecule has 0 unspecified atom stereocenters. The lowest BCUT2D eigenvalue weighted by molar-refractivity contribution is -0.333. The van der Waals surface area contributed by atoms with Crippen LogP contribution in [0.25, 0.3) is 22.3 Å². The number of aromatic nitrogens is 8. The van der Waals surface area contributed by atoms with Gasteiger partial charge in [-0.05, 0) is 0 Å². The molecule has 0 radical (unpaired) electrons. The van der Waals surface area contributed by atoms with Crippen LogP contribution in [0.5, 0.6) is 0 Å². The van der Waals surface area contributed by atoms with Gasteiger partial charge < -0.3 is 26.0 Å². The van der Waals surface area contributed by atoms with Crippen molar-refractivity contribution in [3.05, 3.63) is 25.3 Å². The normalized spacial score (nSPS) is 38.3. The summed E-state index contributed by atoms with van der Waals surface area (Å²) in [4.78, 5) is 29.2. The molecule has 0 bridgehead atoms. The zero-order valence-electron chi connectivity index (χ0n) is 21.7. The number of imidazole rings is 2. The predicted octanol–water partition coefficient (Wildman–Crippen LogP) is 1.11. The van der Waals surface area contributed by atoms with Gasteiger partial charge in [-0.25, -0.2) is 43.4 Å². The molecule has 4 aromatic heterocycles. The smallest absolute Gasteiger partial charge is 0.386 e. The number of halogens is 1. The minimum Gasteiger partial charge on any atom is -0.386 e. The van der Waals surface area contributed by atoms with Crippen LogP contribution < -0.4 is 11.5 Å². The highest BCUT2D eigenvalue weighted by Gasteiger charge is 2.55. The van der Waals surface area contributed by atoms with E-state index >= 15 is 4.39 Å². The highest BCUT2D eigenvalue weighted by molar-refractivity contribution is 8.44. The van der Waals surface area contributed by atoms with Gasteiger partial charge in [0.25, 0.3) is 0 Å². The first-order chi connectivity index (χ1) is 20.9. The lowest BCUT2D eigenvalue weighted by atomic mass is 10.1. The maximum Gasteiger partial charge on any atom is 0.413 e. The quantitative estimate of drug-likeness (QED) is 0.112. The van der Waals surface area contributed by atoms with E-state index in [0.717, 1.165) is 6.33 Å². The summed E-state index contributed by atoms with van der Waals surface area (Å²) in [6.45, 7) is -9.57. The molecule has 7 heterocycles. The molecule has 0 amide bonds. The summed E-state index contributed by atoms with van der Waals surface area (Å²) in [5.41, 5.74) is 12.3. The number of aliphatic hydroxyl groups is 1. The Morgan fingerprint density at radius 1 is 0.864 bits per heavy atom. The van der Waals surface area contributed by atoms with E-state index < -0.39 is 69.5 Å². The van der Waals surface area contributed by atoms with Crippen molar-refractivity contribution in [2.75, 3.05) is 18.1 Å². The molecule has 44 heavy (non-hydrogen) atoms. The average molecular weight is 695 g/mol. The van der Waals surface area contributed by atoms with E-state index in [0.29, 0.717) is 0 Å². The molecule has 0 aromatic carbocycles. The molecule has 0 aliphatic carbocycles. The van der Waals surface area contributed by atoms with E-state index in [1.54, 1.807) is 0 Å². The van der Waals surface area contributed by atoms with E-state index in [9.17, 15) is 14.2 Å². The molecule has 3 aliphatic heterocycles. The van der Waals surface area contributed by atoms with Crippen LogP contribution in [0.2, 0.25) is 0 Å². The lowest BCUT2D eigenvalue weighted by Crippen LogP contribution is -2.37. The van der Waals surface area contributed by atoms with Crippen LogP contribution >= 0.6 is 38.1 Å². The number of hydrogen-bond acceptors (Lipinski definition) is 18. The Hall–Kier alpha value is -2.53. The van der Waals surface area contributed by atoms with Gasteiger partial charge in [-0.2, -0.15) is 4.89 Å². The summed E-state index contributed by atoms with van der Waals surface area (Å²) >= 11 is 7.89. The number of anilines is 2. The summed E-state index contributed by atoms with van der Waals surface area (Å²) in [6, 6.07) is 0. The van der Waals surface area contributed by atoms with Crippen LogP contribution in [0, 0.1) is 0 Å². The Labute approximate surface area is 254 Å². The molecule has 3 saturated heterocycles. The number of aliphatic hydroxyl groups excluding tert-OH is 1. The van der Waals surface area contributed by atoms with E-state index in [4.69, 9.17) is 44.1 Å². The number of nitrogens with two attached hydrogens (primary N) is 2. The maximum absolute atomic E-state index is 15.9. The van der Waals surface area contributed by atoms with Crippen molar-refractivity contribution in [2.24, 2.45) is 0 Å². The average Bonchev–Trinajstić information content (AvgIpc) is 3.73. The van der Waals surface area contributed by atoms with Gasteiger partial charge in [0.05, 0.1) is 19.3 Å². The van der Waals surface area contributed by atoms with Gasteiger partial charge in [-0.15, -0.1) is 4.67 Å². The van der Waals surface area contributed by atoms with Gasteiger partial charge in [0.15, 0.2) is 47.7 Å². The first-order valence-corrected chi connectivity index (χ1v) is 17.8. The zero-order valence-corrected chi connectivity index (χ0v) is 25.2. The van der Waals surface area contributed by atoms with Crippen molar-refractivity contribution in [3.8, 4) is 0 Å². The number of ether oxygens (including phenoxy) is 2. The van der Waals surface area contributed by atoms with Crippen LogP contribution in [0.3, 0.4) is 0 Å². The van der Waals surface area contributed by atoms with Crippen LogP contribution in [-0.4, -0.2) is 87.6 Å². The largest absolute Gasteiger partial charge is 0.413 e. The minimum absolute atomic E-state index is 0.0294. The fourth-order valence-corrected chi connectivity index (χ4v) is 7.64. The van der Waals surface area contributed by atoms with Crippen LogP contribution in [0.1, 0.15) is 12.5 Å². The molecular weight excluding hydrogens is 673 g/mol. The van der Waals surface area contributed by atoms with E-state index in [-0.39, 0.29) is 34.0 Å². The third kappa shape index (κ3) is 5.25. The summed E-state index contributed by atoms with van der Waals surface area (Å²) in [6.07, 6.45) is -8.14. The fraction of sp³-hybridized carbons (Fsp3) is 0.474. The Kier molecular flexibility index (Phi) is 7.58. The summed E-state index contributed by atoms with van der Waals surface area (Å²) in [5, 5.41) is 11.2. The number of fused-ring (bicyclic) bond motifs is 4. The molecule has 3 fully saturated rings. The summed E-state index contributed by atoms with van der Waals surface area (Å²) in [5.74, 6) is 0.104. The van der Waals surface area contributed by atoms with Crippen molar-refractivity contribution >= 4 is 72.1 Å². The standard InChI is InChI=1S/C19H21FN10O10P2S2/c20-7-12-19(36-17(7)29-4-27-8-13(21)23-2-25-15(8)29)37-40-42(33,44)38-11-6(1-34-41(32,43)39-12)35-18(10(11)31)30-5-28-9-14(22)24-3-26-16(9)30/h2-7,10-12,17-19,31H,1H2,(H,32,43)(H,33,44)(H2,21,23,25)(H2,22,24,26)/t6-,7-,10-,11-,12+,17-,18-,19-,41-,42+/m1/s1. The molecule has 4 aromatic rings. The SMILES string of the molecule is Nc1ncnc2c1ncn2[C@@H]1O[C@@H]2CO[P@@](=O)(S)O[C@@H]3[C@@H](OO[P@@](=O)(S)O[C@H]2[C@H]1O)O[C@@H](n1cnc2c(N)ncnc21)[C@@H]3F. The van der Waals surface area contributed by atoms with Gasteiger partial charge in [0.2, 0.25) is 6.29 Å². The van der Waals surface area contributed by atoms with Crippen LogP contribution in [0.15, 0.2) is 25.3 Å². The monoisotopic (exact) mass is 694 g/mol. The zero-order chi connectivity index (χ0) is 31.0. The first kappa shape index (κ1) is 30.1. The van der Waals surface area contributed by atoms with Gasteiger partial charge in [-0.1, -0.05) is 24.5 Å². The van der Waals surface area contributed by atoms with Crippen molar-refractivity contribution in [1.82, 2.24) is 39.0 Å². The van der Waals surface area contributed by atoms with E-state index in [2.05, 4.69) is 54.4 Å².